The Hall–Kier alpha value is -2.57. The van der Waals surface area contributed by atoms with Gasteiger partial charge in [-0.15, -0.1) is 5.10 Å². The standard InChI is InChI=1S/C17H23N7/c1-13-19-21-22-23(13)12-16-18-15(20-24(16)17(2,3)4)11-10-14-8-6-5-7-9-14/h5-9H,10-12H2,1-4H3. The number of hydrogen-bond acceptors (Lipinski definition) is 5. The molecule has 0 aliphatic heterocycles. The molecule has 1 aromatic carbocycles. The minimum absolute atomic E-state index is 0.144. The van der Waals surface area contributed by atoms with Crippen LogP contribution in [-0.4, -0.2) is 35.0 Å². The summed E-state index contributed by atoms with van der Waals surface area (Å²) in [6.07, 6.45) is 1.74. The number of rotatable bonds is 5. The van der Waals surface area contributed by atoms with Crippen molar-refractivity contribution in [2.75, 3.05) is 0 Å². The van der Waals surface area contributed by atoms with E-state index in [1.54, 1.807) is 4.68 Å². The van der Waals surface area contributed by atoms with Gasteiger partial charge in [0.2, 0.25) is 0 Å². The summed E-state index contributed by atoms with van der Waals surface area (Å²) in [7, 11) is 0. The van der Waals surface area contributed by atoms with Gasteiger partial charge >= 0.3 is 0 Å². The number of aromatic nitrogens is 7. The first kappa shape index (κ1) is 16.3. The summed E-state index contributed by atoms with van der Waals surface area (Å²) in [4.78, 5) is 4.74. The highest BCUT2D eigenvalue weighted by Gasteiger charge is 2.22. The average molecular weight is 325 g/mol. The summed E-state index contributed by atoms with van der Waals surface area (Å²) >= 11 is 0. The zero-order chi connectivity index (χ0) is 17.2. The van der Waals surface area contributed by atoms with Gasteiger partial charge in [0.1, 0.15) is 18.2 Å². The Bertz CT molecular complexity index is 796. The minimum atomic E-state index is -0.144. The maximum Gasteiger partial charge on any atom is 0.151 e. The third-order valence-electron chi connectivity index (χ3n) is 3.84. The first-order valence-electron chi connectivity index (χ1n) is 8.15. The fourth-order valence-corrected chi connectivity index (χ4v) is 2.57. The molecule has 2 aromatic heterocycles. The Morgan fingerprint density at radius 2 is 1.79 bits per heavy atom. The van der Waals surface area contributed by atoms with E-state index in [2.05, 4.69) is 60.6 Å². The van der Waals surface area contributed by atoms with Crippen LogP contribution < -0.4 is 0 Å². The van der Waals surface area contributed by atoms with Crippen molar-refractivity contribution in [1.29, 1.82) is 0 Å². The van der Waals surface area contributed by atoms with E-state index in [-0.39, 0.29) is 5.54 Å². The average Bonchev–Trinajstić information content (AvgIpc) is 3.13. The van der Waals surface area contributed by atoms with Gasteiger partial charge in [-0.2, -0.15) is 5.10 Å². The molecule has 0 fully saturated rings. The van der Waals surface area contributed by atoms with Crippen LogP contribution in [0.5, 0.6) is 0 Å². The first-order chi connectivity index (χ1) is 11.4. The molecule has 0 aliphatic rings. The molecule has 0 atom stereocenters. The lowest BCUT2D eigenvalue weighted by molar-refractivity contribution is 0.334. The fraction of sp³-hybridized carbons (Fsp3) is 0.471. The highest BCUT2D eigenvalue weighted by molar-refractivity contribution is 5.15. The summed E-state index contributed by atoms with van der Waals surface area (Å²) in [5.41, 5.74) is 1.15. The summed E-state index contributed by atoms with van der Waals surface area (Å²) in [6, 6.07) is 10.4. The molecule has 3 aromatic rings. The van der Waals surface area contributed by atoms with E-state index in [0.717, 1.165) is 30.3 Å². The van der Waals surface area contributed by atoms with E-state index in [1.165, 1.54) is 5.56 Å². The van der Waals surface area contributed by atoms with Crippen molar-refractivity contribution in [1.82, 2.24) is 35.0 Å². The van der Waals surface area contributed by atoms with Crippen LogP contribution in [0, 0.1) is 6.92 Å². The van der Waals surface area contributed by atoms with Crippen molar-refractivity contribution < 1.29 is 0 Å². The highest BCUT2D eigenvalue weighted by atomic mass is 15.5. The second-order valence-electron chi connectivity index (χ2n) is 6.90. The van der Waals surface area contributed by atoms with Crippen molar-refractivity contribution in [2.24, 2.45) is 0 Å². The van der Waals surface area contributed by atoms with Gasteiger partial charge in [-0.3, -0.25) is 0 Å². The topological polar surface area (TPSA) is 74.3 Å². The summed E-state index contributed by atoms with van der Waals surface area (Å²) in [6.45, 7) is 8.78. The molecule has 3 rings (SSSR count). The van der Waals surface area contributed by atoms with Gasteiger partial charge < -0.3 is 0 Å². The SMILES string of the molecule is Cc1nnnn1Cc1nc(CCc2ccccc2)nn1C(C)(C)C. The van der Waals surface area contributed by atoms with Crippen LogP contribution in [0.15, 0.2) is 30.3 Å². The third kappa shape index (κ3) is 3.67. The minimum Gasteiger partial charge on any atom is -0.243 e. The van der Waals surface area contributed by atoms with Crippen LogP contribution >= 0.6 is 0 Å². The molecular formula is C17H23N7. The quantitative estimate of drug-likeness (QED) is 0.718. The lowest BCUT2D eigenvalue weighted by Crippen LogP contribution is -2.27. The number of benzene rings is 1. The Morgan fingerprint density at radius 3 is 2.42 bits per heavy atom. The van der Waals surface area contributed by atoms with Gasteiger partial charge in [0, 0.05) is 6.42 Å². The zero-order valence-electron chi connectivity index (χ0n) is 14.6. The molecule has 24 heavy (non-hydrogen) atoms. The molecule has 0 radical (unpaired) electrons. The molecule has 7 heteroatoms. The monoisotopic (exact) mass is 325 g/mol. The third-order valence-corrected chi connectivity index (χ3v) is 3.84. The molecule has 0 N–H and O–H groups in total. The van der Waals surface area contributed by atoms with Crippen LogP contribution in [0.4, 0.5) is 0 Å². The summed E-state index contributed by atoms with van der Waals surface area (Å²) in [5.74, 6) is 2.50. The van der Waals surface area contributed by atoms with Crippen LogP contribution in [0.2, 0.25) is 0 Å². The van der Waals surface area contributed by atoms with Gasteiger partial charge in [-0.1, -0.05) is 30.3 Å². The predicted molar refractivity (Wildman–Crippen MR) is 90.5 cm³/mol. The smallest absolute Gasteiger partial charge is 0.151 e. The van der Waals surface area contributed by atoms with E-state index < -0.39 is 0 Å². The van der Waals surface area contributed by atoms with E-state index in [9.17, 15) is 0 Å². The van der Waals surface area contributed by atoms with Crippen LogP contribution in [0.3, 0.4) is 0 Å². The molecule has 0 saturated carbocycles. The Labute approximate surface area is 141 Å². The van der Waals surface area contributed by atoms with Gasteiger partial charge in [0.15, 0.2) is 5.82 Å². The molecule has 0 amide bonds. The van der Waals surface area contributed by atoms with E-state index in [4.69, 9.17) is 10.1 Å². The number of aryl methyl sites for hydroxylation is 3. The Kier molecular flexibility index (Phi) is 4.42. The predicted octanol–water partition coefficient (Wildman–Crippen LogP) is 2.16. The fourth-order valence-electron chi connectivity index (χ4n) is 2.57. The summed E-state index contributed by atoms with van der Waals surface area (Å²) in [5, 5.41) is 16.4. The van der Waals surface area contributed by atoms with Crippen molar-refractivity contribution >= 4 is 0 Å². The molecule has 0 spiro atoms. The normalized spacial score (nSPS) is 11.8. The largest absolute Gasteiger partial charge is 0.243 e. The second kappa shape index (κ2) is 6.51. The molecular weight excluding hydrogens is 302 g/mol. The maximum atomic E-state index is 4.74. The molecule has 0 unspecified atom stereocenters. The number of nitrogens with zero attached hydrogens (tertiary/aromatic N) is 7. The summed E-state index contributed by atoms with van der Waals surface area (Å²) < 4.78 is 3.72. The van der Waals surface area contributed by atoms with Crippen molar-refractivity contribution in [3.05, 3.63) is 53.4 Å². The molecule has 0 aliphatic carbocycles. The molecule has 7 nitrogen and oxygen atoms in total. The molecule has 0 saturated heterocycles. The molecule has 126 valence electrons. The molecule has 0 bridgehead atoms. The van der Waals surface area contributed by atoms with Gasteiger partial charge in [-0.05, 0) is 50.1 Å². The van der Waals surface area contributed by atoms with Gasteiger partial charge in [0.25, 0.3) is 0 Å². The Morgan fingerprint density at radius 1 is 1.04 bits per heavy atom. The Balaban J connectivity index is 1.82. The first-order valence-corrected chi connectivity index (χ1v) is 8.15. The lowest BCUT2D eigenvalue weighted by atomic mass is 10.1. The van der Waals surface area contributed by atoms with E-state index in [0.29, 0.717) is 6.54 Å². The van der Waals surface area contributed by atoms with Crippen LogP contribution in [0.1, 0.15) is 43.8 Å². The highest BCUT2D eigenvalue weighted by Crippen LogP contribution is 2.17. The number of hydrogen-bond donors (Lipinski definition) is 0. The van der Waals surface area contributed by atoms with Crippen molar-refractivity contribution in [3.63, 3.8) is 0 Å². The second-order valence-corrected chi connectivity index (χ2v) is 6.90. The van der Waals surface area contributed by atoms with Crippen molar-refractivity contribution in [3.8, 4) is 0 Å². The van der Waals surface area contributed by atoms with E-state index >= 15 is 0 Å². The lowest BCUT2D eigenvalue weighted by Gasteiger charge is -2.21. The number of tetrazole rings is 1. The maximum absolute atomic E-state index is 4.74. The zero-order valence-corrected chi connectivity index (χ0v) is 14.6. The van der Waals surface area contributed by atoms with Crippen molar-refractivity contribution in [2.45, 2.75) is 52.6 Å². The van der Waals surface area contributed by atoms with Crippen LogP contribution in [-0.2, 0) is 24.9 Å². The van der Waals surface area contributed by atoms with Gasteiger partial charge in [-0.25, -0.2) is 14.3 Å². The van der Waals surface area contributed by atoms with Crippen LogP contribution in [0.25, 0.3) is 0 Å². The van der Waals surface area contributed by atoms with Gasteiger partial charge in [0.05, 0.1) is 5.54 Å². The van der Waals surface area contributed by atoms with E-state index in [1.807, 2.05) is 17.7 Å². The molecule has 2 heterocycles.